The minimum atomic E-state index is -1.18. The number of carbonyl (C=O) groups is 2. The van der Waals surface area contributed by atoms with E-state index < -0.39 is 29.5 Å². The maximum atomic E-state index is 13.6. The van der Waals surface area contributed by atoms with Crippen LogP contribution < -0.4 is 10.6 Å². The molecule has 0 aromatic heterocycles. The monoisotopic (exact) mass is 514 g/mol. The predicted molar refractivity (Wildman–Crippen MR) is 125 cm³/mol. The second kappa shape index (κ2) is 11.5. The first-order valence-corrected chi connectivity index (χ1v) is 10.9. The van der Waals surface area contributed by atoms with E-state index in [9.17, 15) is 23.5 Å². The summed E-state index contributed by atoms with van der Waals surface area (Å²) in [5.74, 6) is -3.72. The number of hydrogen-bond donors (Lipinski definition) is 3. The molecule has 3 rings (SSSR count). The van der Waals surface area contributed by atoms with Gasteiger partial charge in [0, 0.05) is 5.56 Å². The third kappa shape index (κ3) is 6.57. The van der Waals surface area contributed by atoms with Crippen LogP contribution in [0, 0.1) is 11.6 Å². The van der Waals surface area contributed by atoms with Gasteiger partial charge >= 0.3 is 0 Å². The summed E-state index contributed by atoms with van der Waals surface area (Å²) in [4.78, 5) is 25.9. The Morgan fingerprint density at radius 2 is 1.52 bits per heavy atom. The Morgan fingerprint density at radius 1 is 0.879 bits per heavy atom. The van der Waals surface area contributed by atoms with Gasteiger partial charge in [0.25, 0.3) is 11.8 Å². The van der Waals surface area contributed by atoms with E-state index in [1.807, 2.05) is 30.3 Å². The highest BCUT2D eigenvalue weighted by atomic mass is 79.9. The van der Waals surface area contributed by atoms with Crippen LogP contribution in [0.25, 0.3) is 4.48 Å². The number of halogens is 3. The molecule has 0 saturated heterocycles. The average Bonchev–Trinajstić information content (AvgIpc) is 2.84. The molecule has 1 atom stereocenters. The largest absolute Gasteiger partial charge is 0.394 e. The van der Waals surface area contributed by atoms with Crippen LogP contribution in [-0.2, 0) is 11.2 Å². The summed E-state index contributed by atoms with van der Waals surface area (Å²) >= 11 is 3.37. The fourth-order valence-electron chi connectivity index (χ4n) is 3.08. The van der Waals surface area contributed by atoms with Crippen LogP contribution in [-0.4, -0.2) is 29.6 Å². The molecule has 0 bridgehead atoms. The number of rotatable bonds is 8. The van der Waals surface area contributed by atoms with Crippen molar-refractivity contribution >= 4 is 32.2 Å². The molecule has 33 heavy (non-hydrogen) atoms. The first kappa shape index (κ1) is 24.3. The molecule has 8 heteroatoms. The van der Waals surface area contributed by atoms with E-state index in [-0.39, 0.29) is 22.3 Å². The van der Waals surface area contributed by atoms with Crippen molar-refractivity contribution in [1.29, 1.82) is 0 Å². The standard InChI is InChI=1S/C25H21BrF2N2O3/c26-22(17-9-5-2-6-10-17)23(30-24(32)18-11-12-20(27)21(28)14-18)25(33)29-19(15-31)13-16-7-3-1-4-8-16/h1-12,14,19,31H,13,15H2,(H,29,33)(H,30,32)/b23-22-/t19-/m0/s1. The second-order valence-corrected chi connectivity index (χ2v) is 7.97. The van der Waals surface area contributed by atoms with Gasteiger partial charge in [0.1, 0.15) is 5.70 Å². The summed E-state index contributed by atoms with van der Waals surface area (Å²) in [6.45, 7) is -0.325. The molecule has 0 saturated carbocycles. The van der Waals surface area contributed by atoms with Crippen LogP contribution in [0.1, 0.15) is 21.5 Å². The van der Waals surface area contributed by atoms with Gasteiger partial charge < -0.3 is 15.7 Å². The molecule has 3 aromatic carbocycles. The molecule has 5 nitrogen and oxygen atoms in total. The molecular weight excluding hydrogens is 494 g/mol. The molecule has 0 spiro atoms. The van der Waals surface area contributed by atoms with E-state index >= 15 is 0 Å². The Bertz CT molecular complexity index is 1150. The first-order chi connectivity index (χ1) is 15.9. The fraction of sp³-hybridized carbons (Fsp3) is 0.120. The minimum absolute atomic E-state index is 0.137. The van der Waals surface area contributed by atoms with Crippen LogP contribution in [0.5, 0.6) is 0 Å². The molecule has 3 N–H and O–H groups in total. The lowest BCUT2D eigenvalue weighted by Crippen LogP contribution is -2.43. The Balaban J connectivity index is 1.88. The van der Waals surface area contributed by atoms with Crippen molar-refractivity contribution in [1.82, 2.24) is 10.6 Å². The Hall–Kier alpha value is -3.36. The SMILES string of the molecule is O=C(N[C@H](CO)Cc1ccccc1)/C(NC(=O)c1ccc(F)c(F)c1)=C(/Br)c1ccccc1. The molecule has 0 aliphatic carbocycles. The molecular formula is C25H21BrF2N2O3. The van der Waals surface area contributed by atoms with Gasteiger partial charge in [0.2, 0.25) is 0 Å². The summed E-state index contributed by atoms with van der Waals surface area (Å²) in [6.07, 6.45) is 0.371. The van der Waals surface area contributed by atoms with Crippen LogP contribution >= 0.6 is 15.9 Å². The van der Waals surface area contributed by atoms with Gasteiger partial charge in [-0.05, 0) is 51.7 Å². The summed E-state index contributed by atoms with van der Waals surface area (Å²) in [5.41, 5.74) is 1.23. The number of nitrogens with one attached hydrogen (secondary N) is 2. The number of amides is 2. The number of carbonyl (C=O) groups excluding carboxylic acids is 2. The molecule has 0 fully saturated rings. The van der Waals surface area contributed by atoms with Crippen LogP contribution in [0.15, 0.2) is 84.6 Å². The molecule has 0 radical (unpaired) electrons. The number of hydrogen-bond acceptors (Lipinski definition) is 3. The van der Waals surface area contributed by atoms with Crippen molar-refractivity contribution < 1.29 is 23.5 Å². The maximum Gasteiger partial charge on any atom is 0.269 e. The van der Waals surface area contributed by atoms with Crippen molar-refractivity contribution in [2.24, 2.45) is 0 Å². The normalized spacial score (nSPS) is 12.5. The van der Waals surface area contributed by atoms with Crippen molar-refractivity contribution in [2.45, 2.75) is 12.5 Å². The minimum Gasteiger partial charge on any atom is -0.394 e. The third-order valence-corrected chi connectivity index (χ3v) is 5.63. The van der Waals surface area contributed by atoms with E-state index in [2.05, 4.69) is 26.6 Å². The molecule has 0 aliphatic heterocycles. The van der Waals surface area contributed by atoms with E-state index in [0.29, 0.717) is 12.0 Å². The van der Waals surface area contributed by atoms with E-state index in [1.54, 1.807) is 30.3 Å². The summed E-state index contributed by atoms with van der Waals surface area (Å²) in [6, 6.07) is 20.2. The topological polar surface area (TPSA) is 78.4 Å². The lowest BCUT2D eigenvalue weighted by molar-refractivity contribution is -0.118. The summed E-state index contributed by atoms with van der Waals surface area (Å²) < 4.78 is 27.1. The zero-order valence-corrected chi connectivity index (χ0v) is 19.0. The van der Waals surface area contributed by atoms with E-state index in [0.717, 1.165) is 23.8 Å². The van der Waals surface area contributed by atoms with Gasteiger partial charge in [-0.3, -0.25) is 9.59 Å². The Morgan fingerprint density at radius 3 is 2.12 bits per heavy atom. The van der Waals surface area contributed by atoms with Crippen molar-refractivity contribution in [2.75, 3.05) is 6.61 Å². The molecule has 170 valence electrons. The van der Waals surface area contributed by atoms with E-state index in [4.69, 9.17) is 0 Å². The van der Waals surface area contributed by atoms with Gasteiger partial charge in [-0.1, -0.05) is 60.7 Å². The van der Waals surface area contributed by atoms with Gasteiger partial charge in [0.05, 0.1) is 17.1 Å². The molecule has 2 amide bonds. The Labute approximate surface area is 198 Å². The summed E-state index contributed by atoms with van der Waals surface area (Å²) in [7, 11) is 0. The zero-order chi connectivity index (χ0) is 23.8. The fourth-order valence-corrected chi connectivity index (χ4v) is 3.62. The maximum absolute atomic E-state index is 13.6. The highest BCUT2D eigenvalue weighted by Gasteiger charge is 2.22. The smallest absolute Gasteiger partial charge is 0.269 e. The quantitative estimate of drug-likeness (QED) is 0.394. The van der Waals surface area contributed by atoms with Crippen LogP contribution in [0.3, 0.4) is 0 Å². The van der Waals surface area contributed by atoms with Gasteiger partial charge in [-0.15, -0.1) is 0 Å². The molecule has 0 aliphatic rings. The molecule has 3 aromatic rings. The Kier molecular flexibility index (Phi) is 8.46. The van der Waals surface area contributed by atoms with E-state index in [1.165, 1.54) is 0 Å². The molecule has 0 heterocycles. The third-order valence-electron chi connectivity index (χ3n) is 4.77. The van der Waals surface area contributed by atoms with Gasteiger partial charge in [-0.2, -0.15) is 0 Å². The summed E-state index contributed by atoms with van der Waals surface area (Å²) in [5, 5.41) is 15.0. The number of aliphatic hydroxyl groups excluding tert-OH is 1. The van der Waals surface area contributed by atoms with Gasteiger partial charge in [-0.25, -0.2) is 8.78 Å². The first-order valence-electron chi connectivity index (χ1n) is 10.1. The average molecular weight is 515 g/mol. The number of benzene rings is 3. The highest BCUT2D eigenvalue weighted by Crippen LogP contribution is 2.24. The predicted octanol–water partition coefficient (Wildman–Crippen LogP) is 4.18. The van der Waals surface area contributed by atoms with Crippen LogP contribution in [0.4, 0.5) is 8.78 Å². The number of aliphatic hydroxyl groups is 1. The van der Waals surface area contributed by atoms with Crippen LogP contribution in [0.2, 0.25) is 0 Å². The van der Waals surface area contributed by atoms with Crippen molar-refractivity contribution in [3.63, 3.8) is 0 Å². The van der Waals surface area contributed by atoms with Crippen molar-refractivity contribution in [3.8, 4) is 0 Å². The highest BCUT2D eigenvalue weighted by molar-refractivity contribution is 9.15. The lowest BCUT2D eigenvalue weighted by atomic mass is 10.1. The van der Waals surface area contributed by atoms with Gasteiger partial charge in [0.15, 0.2) is 11.6 Å². The molecule has 0 unspecified atom stereocenters. The second-order valence-electron chi connectivity index (χ2n) is 7.18. The lowest BCUT2D eigenvalue weighted by Gasteiger charge is -2.19. The van der Waals surface area contributed by atoms with Crippen molar-refractivity contribution in [3.05, 3.63) is 113 Å². The zero-order valence-electron chi connectivity index (χ0n) is 17.4.